The highest BCUT2D eigenvalue weighted by Crippen LogP contribution is 2.23. The predicted octanol–water partition coefficient (Wildman–Crippen LogP) is 3.39. The molecular formula is C17H19IN2O. The van der Waals surface area contributed by atoms with E-state index in [0.29, 0.717) is 6.54 Å². The highest BCUT2D eigenvalue weighted by atomic mass is 127. The minimum absolute atomic E-state index is 0.102. The molecule has 1 amide bonds. The molecule has 0 aliphatic carbocycles. The topological polar surface area (TPSA) is 23.6 Å². The Balaban J connectivity index is 2.26. The van der Waals surface area contributed by atoms with Crippen LogP contribution in [-0.2, 0) is 11.3 Å². The van der Waals surface area contributed by atoms with E-state index in [9.17, 15) is 4.79 Å². The Kier molecular flexibility index (Phi) is 5.61. The Hall–Kier alpha value is -1.56. The van der Waals surface area contributed by atoms with Crippen LogP contribution >= 0.6 is 22.6 Å². The summed E-state index contributed by atoms with van der Waals surface area (Å²) >= 11 is 2.32. The van der Waals surface area contributed by atoms with E-state index in [1.54, 1.807) is 19.0 Å². The molecule has 2 rings (SSSR count). The molecule has 0 saturated carbocycles. The van der Waals surface area contributed by atoms with Crippen molar-refractivity contribution in [3.8, 4) is 0 Å². The second-order valence-corrected chi connectivity index (χ2v) is 6.24. The summed E-state index contributed by atoms with van der Waals surface area (Å²) in [5, 5.41) is 0. The molecule has 0 unspecified atom stereocenters. The molecule has 0 saturated heterocycles. The molecular weight excluding hydrogens is 375 g/mol. The van der Waals surface area contributed by atoms with Crippen molar-refractivity contribution in [1.29, 1.82) is 0 Å². The number of likely N-dealkylation sites (N-methyl/N-ethyl adjacent to an activating group) is 1. The Morgan fingerprint density at radius 3 is 2.24 bits per heavy atom. The lowest BCUT2D eigenvalue weighted by Gasteiger charge is -2.27. The van der Waals surface area contributed by atoms with Gasteiger partial charge in [-0.2, -0.15) is 0 Å². The van der Waals surface area contributed by atoms with Gasteiger partial charge >= 0.3 is 0 Å². The number of amides is 1. The average molecular weight is 394 g/mol. The largest absolute Gasteiger partial charge is 0.357 e. The molecule has 0 atom stereocenters. The Bertz CT molecular complexity index is 599. The molecule has 2 aromatic carbocycles. The Morgan fingerprint density at radius 2 is 1.62 bits per heavy atom. The minimum atomic E-state index is 0.102. The lowest BCUT2D eigenvalue weighted by Crippen LogP contribution is -2.36. The van der Waals surface area contributed by atoms with Crippen LogP contribution in [-0.4, -0.2) is 31.4 Å². The normalized spacial score (nSPS) is 10.2. The lowest BCUT2D eigenvalue weighted by molar-refractivity contribution is -0.127. The van der Waals surface area contributed by atoms with E-state index in [0.717, 1.165) is 15.8 Å². The van der Waals surface area contributed by atoms with Gasteiger partial charge in [0.1, 0.15) is 0 Å². The van der Waals surface area contributed by atoms with Crippen LogP contribution in [0.3, 0.4) is 0 Å². The van der Waals surface area contributed by atoms with Crippen molar-refractivity contribution in [3.05, 3.63) is 63.7 Å². The zero-order chi connectivity index (χ0) is 15.2. The van der Waals surface area contributed by atoms with Gasteiger partial charge in [-0.05, 0) is 40.3 Å². The summed E-state index contributed by atoms with van der Waals surface area (Å²) in [5.41, 5.74) is 2.29. The molecule has 0 aliphatic rings. The summed E-state index contributed by atoms with van der Waals surface area (Å²) in [6.07, 6.45) is 0. The van der Waals surface area contributed by atoms with Crippen molar-refractivity contribution >= 4 is 34.2 Å². The Morgan fingerprint density at radius 1 is 1.00 bits per heavy atom. The fourth-order valence-corrected chi connectivity index (χ4v) is 2.77. The van der Waals surface area contributed by atoms with E-state index in [1.165, 1.54) is 5.56 Å². The number of nitrogens with zero attached hydrogens (tertiary/aromatic N) is 2. The second-order valence-electron chi connectivity index (χ2n) is 5.08. The van der Waals surface area contributed by atoms with Crippen molar-refractivity contribution < 1.29 is 4.79 Å². The van der Waals surface area contributed by atoms with Gasteiger partial charge in [-0.3, -0.25) is 4.79 Å². The summed E-state index contributed by atoms with van der Waals surface area (Å²) in [6, 6.07) is 18.4. The summed E-state index contributed by atoms with van der Waals surface area (Å²) < 4.78 is 1.15. The van der Waals surface area contributed by atoms with Crippen molar-refractivity contribution in [3.63, 3.8) is 0 Å². The molecule has 0 fully saturated rings. The quantitative estimate of drug-likeness (QED) is 0.726. The van der Waals surface area contributed by atoms with Crippen molar-refractivity contribution in [2.45, 2.75) is 6.54 Å². The van der Waals surface area contributed by atoms with Gasteiger partial charge in [0.2, 0.25) is 5.91 Å². The second kappa shape index (κ2) is 7.45. The van der Waals surface area contributed by atoms with Crippen LogP contribution in [0, 0.1) is 3.57 Å². The molecule has 2 aromatic rings. The standard InChI is InChI=1S/C17H19IN2O/c1-19(2)17(21)13-20(12-14-8-4-3-5-9-14)16-11-7-6-10-15(16)18/h3-11H,12-13H2,1-2H3. The van der Waals surface area contributed by atoms with Gasteiger partial charge in [0.05, 0.1) is 12.2 Å². The van der Waals surface area contributed by atoms with Crippen molar-refractivity contribution in [1.82, 2.24) is 4.90 Å². The third-order valence-electron chi connectivity index (χ3n) is 3.23. The maximum absolute atomic E-state index is 12.1. The fraction of sp³-hybridized carbons (Fsp3) is 0.235. The lowest BCUT2D eigenvalue weighted by atomic mass is 10.2. The van der Waals surface area contributed by atoms with Crippen LogP contribution in [0.1, 0.15) is 5.56 Å². The molecule has 0 spiro atoms. The summed E-state index contributed by atoms with van der Waals surface area (Å²) in [5.74, 6) is 0.102. The van der Waals surface area contributed by atoms with Gasteiger partial charge in [-0.15, -0.1) is 0 Å². The van der Waals surface area contributed by atoms with Gasteiger partial charge in [-0.25, -0.2) is 0 Å². The first-order chi connectivity index (χ1) is 10.1. The molecule has 0 radical (unpaired) electrons. The minimum Gasteiger partial charge on any atom is -0.357 e. The first-order valence-corrected chi connectivity index (χ1v) is 7.89. The fourth-order valence-electron chi connectivity index (χ4n) is 2.04. The average Bonchev–Trinajstić information content (AvgIpc) is 2.48. The maximum Gasteiger partial charge on any atom is 0.241 e. The maximum atomic E-state index is 12.1. The van der Waals surface area contributed by atoms with Gasteiger partial charge in [0, 0.05) is 24.2 Å². The predicted molar refractivity (Wildman–Crippen MR) is 95.3 cm³/mol. The zero-order valence-electron chi connectivity index (χ0n) is 12.3. The first-order valence-electron chi connectivity index (χ1n) is 6.81. The zero-order valence-corrected chi connectivity index (χ0v) is 14.4. The third-order valence-corrected chi connectivity index (χ3v) is 4.15. The van der Waals surface area contributed by atoms with Gasteiger partial charge < -0.3 is 9.80 Å². The van der Waals surface area contributed by atoms with Gasteiger partial charge in [0.25, 0.3) is 0 Å². The summed E-state index contributed by atoms with van der Waals surface area (Å²) in [7, 11) is 3.58. The number of rotatable bonds is 5. The first kappa shape index (κ1) is 15.8. The highest BCUT2D eigenvalue weighted by Gasteiger charge is 2.15. The number of anilines is 1. The van der Waals surface area contributed by atoms with Crippen LogP contribution in [0.4, 0.5) is 5.69 Å². The van der Waals surface area contributed by atoms with Crippen LogP contribution in [0.5, 0.6) is 0 Å². The number of carbonyl (C=O) groups is 1. The van der Waals surface area contributed by atoms with E-state index < -0.39 is 0 Å². The molecule has 110 valence electrons. The number of halogens is 1. The summed E-state index contributed by atoms with van der Waals surface area (Å²) in [6.45, 7) is 1.10. The van der Waals surface area contributed by atoms with E-state index in [2.05, 4.69) is 51.8 Å². The van der Waals surface area contributed by atoms with E-state index >= 15 is 0 Å². The van der Waals surface area contributed by atoms with E-state index in [1.807, 2.05) is 30.3 Å². The van der Waals surface area contributed by atoms with Gasteiger partial charge in [0.15, 0.2) is 0 Å². The number of hydrogen-bond acceptors (Lipinski definition) is 2. The van der Waals surface area contributed by atoms with E-state index in [-0.39, 0.29) is 5.91 Å². The van der Waals surface area contributed by atoms with Crippen LogP contribution in [0.25, 0.3) is 0 Å². The van der Waals surface area contributed by atoms with Crippen molar-refractivity contribution in [2.24, 2.45) is 0 Å². The number of hydrogen-bond donors (Lipinski definition) is 0. The molecule has 21 heavy (non-hydrogen) atoms. The van der Waals surface area contributed by atoms with Crippen LogP contribution < -0.4 is 4.90 Å². The molecule has 0 bridgehead atoms. The number of para-hydroxylation sites is 1. The monoisotopic (exact) mass is 394 g/mol. The number of benzene rings is 2. The van der Waals surface area contributed by atoms with Crippen molar-refractivity contribution in [2.75, 3.05) is 25.5 Å². The SMILES string of the molecule is CN(C)C(=O)CN(Cc1ccccc1)c1ccccc1I. The van der Waals surface area contributed by atoms with E-state index in [4.69, 9.17) is 0 Å². The van der Waals surface area contributed by atoms with Gasteiger partial charge in [-0.1, -0.05) is 42.5 Å². The summed E-state index contributed by atoms with van der Waals surface area (Å²) in [4.78, 5) is 15.9. The molecule has 0 N–H and O–H groups in total. The van der Waals surface area contributed by atoms with Crippen LogP contribution in [0.15, 0.2) is 54.6 Å². The molecule has 0 aromatic heterocycles. The highest BCUT2D eigenvalue weighted by molar-refractivity contribution is 14.1. The molecule has 0 heterocycles. The van der Waals surface area contributed by atoms with Crippen LogP contribution in [0.2, 0.25) is 0 Å². The number of carbonyl (C=O) groups excluding carboxylic acids is 1. The molecule has 4 heteroatoms. The third kappa shape index (κ3) is 4.46. The molecule has 0 aliphatic heterocycles. The smallest absolute Gasteiger partial charge is 0.241 e. The Labute approximate surface area is 139 Å². The molecule has 3 nitrogen and oxygen atoms in total.